The summed E-state index contributed by atoms with van der Waals surface area (Å²) in [6.07, 6.45) is 1.88. The van der Waals surface area contributed by atoms with E-state index < -0.39 is 0 Å². The molecule has 2 aromatic rings. The van der Waals surface area contributed by atoms with Gasteiger partial charge in [-0.15, -0.1) is 0 Å². The lowest BCUT2D eigenvalue weighted by atomic mass is 10.1. The number of aromatic nitrogens is 1. The van der Waals surface area contributed by atoms with Crippen molar-refractivity contribution in [3.63, 3.8) is 0 Å². The van der Waals surface area contributed by atoms with Crippen LogP contribution in [0.4, 0.5) is 4.39 Å². The fourth-order valence-electron chi connectivity index (χ4n) is 1.56. The van der Waals surface area contributed by atoms with Crippen LogP contribution < -0.4 is 0 Å². The third-order valence-electron chi connectivity index (χ3n) is 2.45. The van der Waals surface area contributed by atoms with Crippen LogP contribution in [0.5, 0.6) is 0 Å². The highest BCUT2D eigenvalue weighted by Crippen LogP contribution is 2.24. The highest BCUT2D eigenvalue weighted by molar-refractivity contribution is 9.10. The molecule has 1 aromatic carbocycles. The number of pyridine rings is 1. The van der Waals surface area contributed by atoms with Crippen LogP contribution >= 0.6 is 27.5 Å². The molecule has 0 spiro atoms. The number of halogens is 3. The Balaban J connectivity index is 2.35. The van der Waals surface area contributed by atoms with Crippen molar-refractivity contribution >= 4 is 27.5 Å². The lowest BCUT2D eigenvalue weighted by Crippen LogP contribution is -1.96. The number of nitrogens with zero attached hydrogens (tertiary/aromatic N) is 2. The van der Waals surface area contributed by atoms with Gasteiger partial charge in [-0.3, -0.25) is 0 Å². The van der Waals surface area contributed by atoms with Crippen molar-refractivity contribution in [2.45, 2.75) is 6.42 Å². The zero-order chi connectivity index (χ0) is 13.1. The van der Waals surface area contributed by atoms with E-state index in [0.717, 1.165) is 5.56 Å². The fraction of sp³-hybridized carbons (Fsp3) is 0.0769. The fourth-order valence-corrected chi connectivity index (χ4v) is 2.28. The summed E-state index contributed by atoms with van der Waals surface area (Å²) >= 11 is 9.20. The van der Waals surface area contributed by atoms with Crippen LogP contribution in [-0.2, 0) is 6.42 Å². The largest absolute Gasteiger partial charge is 0.244 e. The molecule has 0 N–H and O–H groups in total. The summed E-state index contributed by atoms with van der Waals surface area (Å²) in [6.45, 7) is 0. The normalized spacial score (nSPS) is 10.1. The van der Waals surface area contributed by atoms with E-state index in [0.29, 0.717) is 27.2 Å². The lowest BCUT2D eigenvalue weighted by Gasteiger charge is -2.06. The van der Waals surface area contributed by atoms with Gasteiger partial charge in [-0.25, -0.2) is 9.37 Å². The quantitative estimate of drug-likeness (QED) is 0.833. The molecule has 2 nitrogen and oxygen atoms in total. The van der Waals surface area contributed by atoms with Gasteiger partial charge in [0.25, 0.3) is 0 Å². The third kappa shape index (κ3) is 2.69. The monoisotopic (exact) mass is 324 g/mol. The molecule has 1 aromatic heterocycles. The first-order chi connectivity index (χ1) is 8.61. The minimum Gasteiger partial charge on any atom is -0.244 e. The van der Waals surface area contributed by atoms with E-state index in [1.165, 1.54) is 6.07 Å². The van der Waals surface area contributed by atoms with Crippen molar-refractivity contribution in [2.75, 3.05) is 0 Å². The van der Waals surface area contributed by atoms with Crippen LogP contribution in [0.15, 0.2) is 34.9 Å². The molecule has 0 radical (unpaired) electrons. The molecule has 0 amide bonds. The Morgan fingerprint density at radius 3 is 2.83 bits per heavy atom. The Labute approximate surface area is 117 Å². The van der Waals surface area contributed by atoms with Gasteiger partial charge in [-0.1, -0.05) is 17.7 Å². The molecule has 1 heterocycles. The molecule has 0 saturated carbocycles. The van der Waals surface area contributed by atoms with E-state index in [9.17, 15) is 4.39 Å². The molecule has 5 heteroatoms. The molecule has 0 atom stereocenters. The van der Waals surface area contributed by atoms with Crippen LogP contribution in [0.2, 0.25) is 5.02 Å². The molecule has 2 rings (SSSR count). The molecule has 0 unspecified atom stereocenters. The maximum absolute atomic E-state index is 13.6. The van der Waals surface area contributed by atoms with Crippen LogP contribution in [0.25, 0.3) is 0 Å². The van der Waals surface area contributed by atoms with Crippen LogP contribution in [0.1, 0.15) is 16.8 Å². The van der Waals surface area contributed by atoms with E-state index in [4.69, 9.17) is 16.9 Å². The van der Waals surface area contributed by atoms with Crippen LogP contribution in [0, 0.1) is 17.1 Å². The first kappa shape index (κ1) is 13.0. The minimum atomic E-state index is -0.344. The number of benzene rings is 1. The molecule has 18 heavy (non-hydrogen) atoms. The number of rotatable bonds is 2. The van der Waals surface area contributed by atoms with E-state index in [2.05, 4.69) is 20.9 Å². The molecule has 0 aliphatic heterocycles. The second-order valence-corrected chi connectivity index (χ2v) is 4.92. The minimum absolute atomic E-state index is 0.304. The van der Waals surface area contributed by atoms with E-state index in [1.807, 2.05) is 6.07 Å². The van der Waals surface area contributed by atoms with Gasteiger partial charge in [0.2, 0.25) is 0 Å². The zero-order valence-electron chi connectivity index (χ0n) is 9.12. The Bertz CT molecular complexity index is 617. The molecule has 0 aliphatic carbocycles. The first-order valence-corrected chi connectivity index (χ1v) is 6.26. The Hall–Kier alpha value is -1.44. The average Bonchev–Trinajstić information content (AvgIpc) is 2.34. The summed E-state index contributed by atoms with van der Waals surface area (Å²) < 4.78 is 14.2. The van der Waals surface area contributed by atoms with Crippen molar-refractivity contribution in [1.82, 2.24) is 4.98 Å². The zero-order valence-corrected chi connectivity index (χ0v) is 11.5. The predicted octanol–water partition coefficient (Wildman–Crippen LogP) is 4.10. The van der Waals surface area contributed by atoms with Crippen molar-refractivity contribution in [3.8, 4) is 6.07 Å². The van der Waals surface area contributed by atoms with E-state index in [-0.39, 0.29) is 5.82 Å². The summed E-state index contributed by atoms with van der Waals surface area (Å²) in [7, 11) is 0. The van der Waals surface area contributed by atoms with Gasteiger partial charge in [0, 0.05) is 23.2 Å². The van der Waals surface area contributed by atoms with Crippen LogP contribution in [-0.4, -0.2) is 4.98 Å². The summed E-state index contributed by atoms with van der Waals surface area (Å²) in [5.41, 5.74) is 1.52. The molecule has 0 bridgehead atoms. The summed E-state index contributed by atoms with van der Waals surface area (Å²) in [5.74, 6) is -0.344. The molecule has 90 valence electrons. The van der Waals surface area contributed by atoms with Crippen molar-refractivity contribution < 1.29 is 4.39 Å². The van der Waals surface area contributed by atoms with Gasteiger partial charge >= 0.3 is 0 Å². The topological polar surface area (TPSA) is 36.7 Å². The van der Waals surface area contributed by atoms with E-state index >= 15 is 0 Å². The van der Waals surface area contributed by atoms with Gasteiger partial charge < -0.3 is 0 Å². The molecule has 0 saturated heterocycles. The standard InChI is InChI=1S/C13H7BrClFN2/c14-10-5-8(7-18-13(10)6-17)4-9-11(15)2-1-3-12(9)16/h1-3,5,7H,4H2. The first-order valence-electron chi connectivity index (χ1n) is 5.09. The predicted molar refractivity (Wildman–Crippen MR) is 70.9 cm³/mol. The van der Waals surface area contributed by atoms with Gasteiger partial charge in [0.05, 0.1) is 4.47 Å². The maximum atomic E-state index is 13.6. The lowest BCUT2D eigenvalue weighted by molar-refractivity contribution is 0.614. The third-order valence-corrected chi connectivity index (χ3v) is 3.40. The highest BCUT2D eigenvalue weighted by Gasteiger charge is 2.09. The van der Waals surface area contributed by atoms with Crippen molar-refractivity contribution in [2.24, 2.45) is 0 Å². The number of hydrogen-bond acceptors (Lipinski definition) is 2. The second kappa shape index (κ2) is 5.47. The molecule has 0 fully saturated rings. The van der Waals surface area contributed by atoms with Crippen LogP contribution in [0.3, 0.4) is 0 Å². The van der Waals surface area contributed by atoms with Crippen molar-refractivity contribution in [1.29, 1.82) is 5.26 Å². The molecule has 0 aliphatic rings. The SMILES string of the molecule is N#Cc1ncc(Cc2c(F)cccc2Cl)cc1Br. The Morgan fingerprint density at radius 1 is 1.44 bits per heavy atom. The Morgan fingerprint density at radius 2 is 2.22 bits per heavy atom. The molecular formula is C13H7BrClFN2. The van der Waals surface area contributed by atoms with Gasteiger partial charge in [0.1, 0.15) is 11.9 Å². The maximum Gasteiger partial charge on any atom is 0.154 e. The van der Waals surface area contributed by atoms with Crippen molar-refractivity contribution in [3.05, 3.63) is 62.6 Å². The summed E-state index contributed by atoms with van der Waals surface area (Å²) in [5, 5.41) is 9.15. The smallest absolute Gasteiger partial charge is 0.154 e. The van der Waals surface area contributed by atoms with Gasteiger partial charge in [-0.05, 0) is 39.7 Å². The second-order valence-electron chi connectivity index (χ2n) is 3.66. The Kier molecular flexibility index (Phi) is 3.95. The highest BCUT2D eigenvalue weighted by atomic mass is 79.9. The van der Waals surface area contributed by atoms with Gasteiger partial charge in [0.15, 0.2) is 5.69 Å². The number of hydrogen-bond donors (Lipinski definition) is 0. The molecular weight excluding hydrogens is 319 g/mol. The van der Waals surface area contributed by atoms with Gasteiger partial charge in [-0.2, -0.15) is 5.26 Å². The number of nitriles is 1. The summed E-state index contributed by atoms with van der Waals surface area (Å²) in [6, 6.07) is 8.27. The summed E-state index contributed by atoms with van der Waals surface area (Å²) in [4.78, 5) is 3.98. The average molecular weight is 326 g/mol. The van der Waals surface area contributed by atoms with E-state index in [1.54, 1.807) is 24.4 Å².